The van der Waals surface area contributed by atoms with E-state index in [1.165, 1.54) is 0 Å². The van der Waals surface area contributed by atoms with E-state index >= 15 is 0 Å². The second-order valence-corrected chi connectivity index (χ2v) is 7.98. The number of carbonyl (C=O) groups is 2. The first-order chi connectivity index (χ1) is 12.1. The largest absolute Gasteiger partial charge is 0.461 e. The van der Waals surface area contributed by atoms with Gasteiger partial charge in [-0.15, -0.1) is 0 Å². The molecule has 0 saturated carbocycles. The minimum absolute atomic E-state index is 0.225. The summed E-state index contributed by atoms with van der Waals surface area (Å²) in [4.78, 5) is 25.9. The Bertz CT molecular complexity index is 619. The van der Waals surface area contributed by atoms with Crippen LogP contribution in [0.15, 0.2) is 24.3 Å². The zero-order valence-corrected chi connectivity index (χ0v) is 16.3. The summed E-state index contributed by atoms with van der Waals surface area (Å²) in [5, 5.41) is 0.640. The van der Waals surface area contributed by atoms with Gasteiger partial charge in [0.05, 0.1) is 0 Å². The van der Waals surface area contributed by atoms with Crippen LogP contribution in [0.5, 0.6) is 0 Å². The Hall–Kier alpha value is -1.79. The van der Waals surface area contributed by atoms with Crippen molar-refractivity contribution in [2.75, 3.05) is 13.1 Å². The van der Waals surface area contributed by atoms with Gasteiger partial charge in [0.15, 0.2) is 0 Å². The van der Waals surface area contributed by atoms with Gasteiger partial charge in [-0.3, -0.25) is 4.79 Å². The van der Waals surface area contributed by atoms with Crippen LogP contribution in [-0.2, 0) is 20.7 Å². The van der Waals surface area contributed by atoms with Crippen LogP contribution in [0, 0.1) is 0 Å². The van der Waals surface area contributed by atoms with Crippen molar-refractivity contribution < 1.29 is 19.1 Å². The molecule has 7 heteroatoms. The number of esters is 1. The lowest BCUT2D eigenvalue weighted by atomic mass is 10.1. The van der Waals surface area contributed by atoms with E-state index in [1.54, 1.807) is 17.0 Å². The van der Waals surface area contributed by atoms with Gasteiger partial charge in [-0.2, -0.15) is 0 Å². The summed E-state index contributed by atoms with van der Waals surface area (Å²) in [6.45, 7) is 6.50. The molecule has 1 aromatic rings. The van der Waals surface area contributed by atoms with Gasteiger partial charge >= 0.3 is 12.1 Å². The number of likely N-dealkylation sites (tertiary alicyclic amines) is 1. The zero-order valence-electron chi connectivity index (χ0n) is 15.5. The highest BCUT2D eigenvalue weighted by Gasteiger charge is 2.29. The maximum absolute atomic E-state index is 12.2. The topological polar surface area (TPSA) is 81.9 Å². The van der Waals surface area contributed by atoms with Crippen LogP contribution in [0.3, 0.4) is 0 Å². The van der Waals surface area contributed by atoms with Crippen molar-refractivity contribution in [3.8, 4) is 0 Å². The number of amides is 1. The lowest BCUT2D eigenvalue weighted by molar-refractivity contribution is -0.152. The predicted octanol–water partition coefficient (Wildman–Crippen LogP) is 3.15. The fraction of sp³-hybridized carbons (Fsp3) is 0.579. The monoisotopic (exact) mass is 382 g/mol. The Balaban J connectivity index is 1.76. The number of piperidine rings is 1. The Morgan fingerprint density at radius 2 is 1.81 bits per heavy atom. The van der Waals surface area contributed by atoms with Gasteiger partial charge in [0.2, 0.25) is 0 Å². The van der Waals surface area contributed by atoms with Gasteiger partial charge in [0.1, 0.15) is 17.7 Å². The van der Waals surface area contributed by atoms with Crippen LogP contribution < -0.4 is 5.73 Å². The van der Waals surface area contributed by atoms with Crippen LogP contribution >= 0.6 is 11.6 Å². The third kappa shape index (κ3) is 6.50. The highest BCUT2D eigenvalue weighted by molar-refractivity contribution is 6.30. The Labute approximate surface area is 159 Å². The van der Waals surface area contributed by atoms with Crippen molar-refractivity contribution in [3.05, 3.63) is 34.9 Å². The number of carbonyl (C=O) groups excluding carboxylic acids is 2. The first kappa shape index (κ1) is 20.5. The predicted molar refractivity (Wildman–Crippen MR) is 100 cm³/mol. The average molecular weight is 383 g/mol. The molecule has 1 aliphatic heterocycles. The van der Waals surface area contributed by atoms with Crippen LogP contribution in [-0.4, -0.2) is 47.8 Å². The summed E-state index contributed by atoms with van der Waals surface area (Å²) < 4.78 is 10.9. The number of ether oxygens (including phenoxy) is 2. The van der Waals surface area contributed by atoms with Crippen LogP contribution in [0.1, 0.15) is 39.2 Å². The highest BCUT2D eigenvalue weighted by atomic mass is 35.5. The number of halogens is 1. The standard InChI is InChI=1S/C19H27ClN2O4/c1-19(2,3)26-18(24)22-10-8-15(9-11-22)25-17(23)16(21)12-13-4-6-14(20)7-5-13/h4-7,15-16H,8-12,21H2,1-3H3/t16-/m1/s1. The summed E-state index contributed by atoms with van der Waals surface area (Å²) in [5.74, 6) is -0.421. The van der Waals surface area contributed by atoms with E-state index in [-0.39, 0.29) is 12.2 Å². The normalized spacial score (nSPS) is 16.9. The molecule has 2 rings (SSSR count). The van der Waals surface area contributed by atoms with Gasteiger partial charge in [-0.25, -0.2) is 4.79 Å². The molecule has 0 aliphatic carbocycles. The van der Waals surface area contributed by atoms with Crippen molar-refractivity contribution >= 4 is 23.7 Å². The quantitative estimate of drug-likeness (QED) is 0.809. The Morgan fingerprint density at radius 1 is 1.23 bits per heavy atom. The van der Waals surface area contributed by atoms with Gasteiger partial charge in [-0.1, -0.05) is 23.7 Å². The summed E-state index contributed by atoms with van der Waals surface area (Å²) in [5.41, 5.74) is 6.37. The lowest BCUT2D eigenvalue weighted by Crippen LogP contribution is -2.45. The van der Waals surface area contributed by atoms with Crippen LogP contribution in [0.25, 0.3) is 0 Å². The van der Waals surface area contributed by atoms with E-state index in [9.17, 15) is 9.59 Å². The summed E-state index contributed by atoms with van der Waals surface area (Å²) in [6.07, 6.45) is 1.00. The van der Waals surface area contributed by atoms with Gasteiger partial charge in [0, 0.05) is 31.0 Å². The molecule has 1 aliphatic rings. The molecule has 0 aromatic heterocycles. The molecule has 6 nitrogen and oxygen atoms in total. The molecule has 1 saturated heterocycles. The van der Waals surface area contributed by atoms with Gasteiger partial charge in [-0.05, 0) is 44.9 Å². The smallest absolute Gasteiger partial charge is 0.410 e. The van der Waals surface area contributed by atoms with E-state index < -0.39 is 17.6 Å². The third-order valence-electron chi connectivity index (χ3n) is 4.05. The Kier molecular flexibility index (Phi) is 6.89. The van der Waals surface area contributed by atoms with Crippen molar-refractivity contribution in [1.82, 2.24) is 4.90 Å². The molecule has 1 heterocycles. The molecule has 26 heavy (non-hydrogen) atoms. The fourth-order valence-corrected chi connectivity index (χ4v) is 2.82. The second-order valence-electron chi connectivity index (χ2n) is 7.54. The number of benzene rings is 1. The molecule has 1 aromatic carbocycles. The van der Waals surface area contributed by atoms with E-state index in [1.807, 2.05) is 32.9 Å². The highest BCUT2D eigenvalue weighted by Crippen LogP contribution is 2.18. The fourth-order valence-electron chi connectivity index (χ4n) is 2.69. The first-order valence-electron chi connectivity index (χ1n) is 8.82. The summed E-state index contributed by atoms with van der Waals surface area (Å²) in [6, 6.07) is 6.49. The summed E-state index contributed by atoms with van der Waals surface area (Å²) >= 11 is 5.85. The first-order valence-corrected chi connectivity index (χ1v) is 9.20. The van der Waals surface area contributed by atoms with Crippen molar-refractivity contribution in [1.29, 1.82) is 0 Å². The number of nitrogens with zero attached hydrogens (tertiary/aromatic N) is 1. The average Bonchev–Trinajstić information content (AvgIpc) is 2.56. The minimum atomic E-state index is -0.722. The van der Waals surface area contributed by atoms with Crippen LogP contribution in [0.4, 0.5) is 4.79 Å². The van der Waals surface area contributed by atoms with E-state index in [4.69, 9.17) is 26.8 Å². The SMILES string of the molecule is CC(C)(C)OC(=O)N1CCC(OC(=O)[C@H](N)Cc2ccc(Cl)cc2)CC1. The van der Waals surface area contributed by atoms with E-state index in [0.29, 0.717) is 37.4 Å². The van der Waals surface area contributed by atoms with E-state index in [0.717, 1.165) is 5.56 Å². The molecule has 0 unspecified atom stereocenters. The van der Waals surface area contributed by atoms with Crippen LogP contribution in [0.2, 0.25) is 5.02 Å². The molecule has 0 spiro atoms. The minimum Gasteiger partial charge on any atom is -0.461 e. The van der Waals surface area contributed by atoms with E-state index in [2.05, 4.69) is 0 Å². The van der Waals surface area contributed by atoms with Crippen molar-refractivity contribution in [2.24, 2.45) is 5.73 Å². The molecule has 0 bridgehead atoms. The van der Waals surface area contributed by atoms with Crippen molar-refractivity contribution in [2.45, 2.75) is 57.8 Å². The second kappa shape index (κ2) is 8.73. The maximum atomic E-state index is 12.2. The molecule has 0 radical (unpaired) electrons. The number of nitrogens with two attached hydrogens (primary N) is 1. The Morgan fingerprint density at radius 3 is 2.35 bits per heavy atom. The molecule has 2 N–H and O–H groups in total. The maximum Gasteiger partial charge on any atom is 0.410 e. The third-order valence-corrected chi connectivity index (χ3v) is 4.30. The number of hydrogen-bond donors (Lipinski definition) is 1. The summed E-state index contributed by atoms with van der Waals surface area (Å²) in [7, 11) is 0. The number of hydrogen-bond acceptors (Lipinski definition) is 5. The molecule has 144 valence electrons. The van der Waals surface area contributed by atoms with Gasteiger partial charge < -0.3 is 20.1 Å². The molecule has 1 fully saturated rings. The molecule has 1 amide bonds. The number of rotatable bonds is 4. The van der Waals surface area contributed by atoms with Crippen molar-refractivity contribution in [3.63, 3.8) is 0 Å². The van der Waals surface area contributed by atoms with Gasteiger partial charge in [0.25, 0.3) is 0 Å². The molecule has 1 atom stereocenters. The zero-order chi connectivity index (χ0) is 19.3. The molecular weight excluding hydrogens is 356 g/mol. The lowest BCUT2D eigenvalue weighted by Gasteiger charge is -2.33. The molecular formula is C19H27ClN2O4.